The Morgan fingerprint density at radius 1 is 1.22 bits per heavy atom. The fraction of sp³-hybridized carbons (Fsp3) is 0.471. The zero-order valence-electron chi connectivity index (χ0n) is 15.5. The van der Waals surface area contributed by atoms with Crippen LogP contribution >= 0.6 is 0 Å². The molecule has 0 radical (unpaired) electrons. The van der Waals surface area contributed by atoms with Gasteiger partial charge in [-0.25, -0.2) is 13.4 Å². The molecule has 0 amide bonds. The maximum absolute atomic E-state index is 11.9. The van der Waals surface area contributed by atoms with E-state index >= 15 is 0 Å². The van der Waals surface area contributed by atoms with Gasteiger partial charge in [0.05, 0.1) is 17.2 Å². The molecule has 0 saturated carbocycles. The highest BCUT2D eigenvalue weighted by Crippen LogP contribution is 2.29. The van der Waals surface area contributed by atoms with E-state index in [1.807, 2.05) is 18.7 Å². The van der Waals surface area contributed by atoms with Crippen LogP contribution in [-0.4, -0.2) is 55.7 Å². The van der Waals surface area contributed by atoms with Crippen molar-refractivity contribution in [3.05, 3.63) is 45.7 Å². The molecule has 10 heteroatoms. The smallest absolute Gasteiger partial charge is 0.288 e. The molecule has 1 aromatic heterocycles. The Labute approximate surface area is 157 Å². The summed E-state index contributed by atoms with van der Waals surface area (Å²) in [5.74, 6) is 1.51. The van der Waals surface area contributed by atoms with Crippen LogP contribution in [0.2, 0.25) is 0 Å². The number of hydrogen-bond acceptors (Lipinski definition) is 8. The molecular formula is C17H22N4O5S. The molecule has 2 heterocycles. The zero-order valence-corrected chi connectivity index (χ0v) is 16.3. The highest BCUT2D eigenvalue weighted by Gasteiger charge is 2.25. The minimum absolute atomic E-state index is 0.252. The predicted molar refractivity (Wildman–Crippen MR) is 99.7 cm³/mol. The second-order valence-electron chi connectivity index (χ2n) is 6.69. The second kappa shape index (κ2) is 7.28. The average Bonchev–Trinajstić information content (AvgIpc) is 2.91. The number of rotatable bonds is 5. The second-order valence-corrected chi connectivity index (χ2v) is 8.68. The molecule has 1 fully saturated rings. The topological polar surface area (TPSA) is 110 Å². The largest absolute Gasteiger partial charge is 0.444 e. The summed E-state index contributed by atoms with van der Waals surface area (Å²) in [7, 11) is -3.69. The van der Waals surface area contributed by atoms with E-state index in [4.69, 9.17) is 4.42 Å². The number of hydrogen-bond donors (Lipinski definition) is 0. The maximum atomic E-state index is 11.9. The molecule has 146 valence electrons. The molecule has 1 aromatic carbocycles. The van der Waals surface area contributed by atoms with E-state index in [1.165, 1.54) is 12.1 Å². The average molecular weight is 394 g/mol. The predicted octanol–water partition coefficient (Wildman–Crippen LogP) is 1.93. The van der Waals surface area contributed by atoms with Gasteiger partial charge in [-0.1, -0.05) is 0 Å². The summed E-state index contributed by atoms with van der Waals surface area (Å²) in [4.78, 5) is 18.8. The summed E-state index contributed by atoms with van der Waals surface area (Å²) in [6.07, 6.45) is 0.984. The number of piperazine rings is 1. The highest BCUT2D eigenvalue weighted by molar-refractivity contribution is 7.90. The van der Waals surface area contributed by atoms with Gasteiger partial charge in [-0.2, -0.15) is 0 Å². The fourth-order valence-electron chi connectivity index (χ4n) is 3.11. The third kappa shape index (κ3) is 4.28. The van der Waals surface area contributed by atoms with Gasteiger partial charge in [0.15, 0.2) is 9.84 Å². The van der Waals surface area contributed by atoms with Crippen molar-refractivity contribution in [2.24, 2.45) is 0 Å². The number of aromatic nitrogens is 1. The van der Waals surface area contributed by atoms with Gasteiger partial charge < -0.3 is 9.32 Å². The van der Waals surface area contributed by atoms with Crippen LogP contribution in [0.5, 0.6) is 0 Å². The number of anilines is 1. The Balaban J connectivity index is 1.71. The molecule has 27 heavy (non-hydrogen) atoms. The Morgan fingerprint density at radius 3 is 2.41 bits per heavy atom. The van der Waals surface area contributed by atoms with Crippen molar-refractivity contribution in [1.82, 2.24) is 9.88 Å². The molecule has 0 aliphatic carbocycles. The van der Waals surface area contributed by atoms with Gasteiger partial charge >= 0.3 is 0 Å². The quantitative estimate of drug-likeness (QED) is 0.559. The monoisotopic (exact) mass is 394 g/mol. The first-order chi connectivity index (χ1) is 12.6. The number of benzene rings is 1. The number of nitro benzene ring substituents is 1. The van der Waals surface area contributed by atoms with Crippen molar-refractivity contribution in [3.8, 4) is 0 Å². The molecular weight excluding hydrogens is 372 g/mol. The van der Waals surface area contributed by atoms with E-state index in [2.05, 4.69) is 9.88 Å². The Morgan fingerprint density at radius 2 is 1.89 bits per heavy atom. The van der Waals surface area contributed by atoms with Crippen LogP contribution in [0.15, 0.2) is 27.5 Å². The number of nitrogens with zero attached hydrogens (tertiary/aromatic N) is 4. The van der Waals surface area contributed by atoms with Gasteiger partial charge in [0.2, 0.25) is 5.89 Å². The van der Waals surface area contributed by atoms with Crippen LogP contribution in [-0.2, 0) is 16.4 Å². The van der Waals surface area contributed by atoms with Crippen LogP contribution in [0.3, 0.4) is 0 Å². The summed E-state index contributed by atoms with van der Waals surface area (Å²) in [5, 5.41) is 11.1. The van der Waals surface area contributed by atoms with Crippen LogP contribution in [0.4, 0.5) is 11.4 Å². The maximum Gasteiger partial charge on any atom is 0.288 e. The zero-order chi connectivity index (χ0) is 19.8. The molecule has 3 rings (SSSR count). The lowest BCUT2D eigenvalue weighted by atomic mass is 10.2. The molecule has 0 bridgehead atoms. The van der Waals surface area contributed by atoms with Crippen LogP contribution in [0, 0.1) is 24.0 Å². The molecule has 0 N–H and O–H groups in total. The van der Waals surface area contributed by atoms with E-state index in [1.54, 1.807) is 6.07 Å². The highest BCUT2D eigenvalue weighted by atomic mass is 32.2. The molecule has 2 aromatic rings. The van der Waals surface area contributed by atoms with E-state index in [-0.39, 0.29) is 4.90 Å². The van der Waals surface area contributed by atoms with Gasteiger partial charge in [0, 0.05) is 44.2 Å². The number of aryl methyl sites for hydroxylation is 2. The number of nitro groups is 1. The molecule has 1 aliphatic heterocycles. The fourth-order valence-corrected chi connectivity index (χ4v) is 3.97. The van der Waals surface area contributed by atoms with Crippen LogP contribution in [0.1, 0.15) is 17.3 Å². The number of sulfone groups is 1. The summed E-state index contributed by atoms with van der Waals surface area (Å²) < 4.78 is 29.5. The summed E-state index contributed by atoms with van der Waals surface area (Å²) in [5.41, 5.74) is 1.17. The van der Waals surface area contributed by atoms with Gasteiger partial charge in [0.1, 0.15) is 10.7 Å². The lowest BCUT2D eigenvalue weighted by Gasteiger charge is -2.35. The molecule has 0 atom stereocenters. The Bertz CT molecular complexity index is 942. The van der Waals surface area contributed by atoms with Crippen LogP contribution < -0.4 is 4.90 Å². The molecule has 9 nitrogen and oxygen atoms in total. The minimum Gasteiger partial charge on any atom is -0.444 e. The van der Waals surface area contributed by atoms with Gasteiger partial charge in [0.25, 0.3) is 5.69 Å². The number of oxazole rings is 1. The van der Waals surface area contributed by atoms with Crippen molar-refractivity contribution in [2.45, 2.75) is 25.3 Å². The summed E-state index contributed by atoms with van der Waals surface area (Å²) in [6, 6.07) is 4.25. The molecule has 0 unspecified atom stereocenters. The summed E-state index contributed by atoms with van der Waals surface area (Å²) >= 11 is 0. The van der Waals surface area contributed by atoms with Crippen molar-refractivity contribution < 1.29 is 17.8 Å². The van der Waals surface area contributed by atoms with Gasteiger partial charge in [-0.05, 0) is 26.0 Å². The first-order valence-electron chi connectivity index (χ1n) is 8.54. The van der Waals surface area contributed by atoms with Crippen LogP contribution in [0.25, 0.3) is 0 Å². The van der Waals surface area contributed by atoms with E-state index in [0.29, 0.717) is 31.2 Å². The lowest BCUT2D eigenvalue weighted by Crippen LogP contribution is -2.46. The van der Waals surface area contributed by atoms with Crippen molar-refractivity contribution in [3.63, 3.8) is 0 Å². The van der Waals surface area contributed by atoms with E-state index < -0.39 is 20.4 Å². The van der Waals surface area contributed by atoms with Crippen molar-refractivity contribution in [2.75, 3.05) is 37.3 Å². The molecule has 0 spiro atoms. The normalized spacial score (nSPS) is 15.9. The standard InChI is InChI=1S/C17H22N4O5S/c1-12-13(2)26-17(18-12)11-19-6-8-20(9-7-19)14-4-5-15(21(22)23)16(10-14)27(3,24)25/h4-5,10H,6-9,11H2,1-3H3. The minimum atomic E-state index is -3.69. The SMILES string of the molecule is Cc1nc(CN2CCN(c3ccc([N+](=O)[O-])c(S(C)(=O)=O)c3)CC2)oc1C. The van der Waals surface area contributed by atoms with Crippen molar-refractivity contribution in [1.29, 1.82) is 0 Å². The lowest BCUT2D eigenvalue weighted by molar-refractivity contribution is -0.387. The third-order valence-corrected chi connectivity index (χ3v) is 5.83. The summed E-state index contributed by atoms with van der Waals surface area (Å²) in [6.45, 7) is 7.29. The Kier molecular flexibility index (Phi) is 5.20. The first-order valence-corrected chi connectivity index (χ1v) is 10.4. The first kappa shape index (κ1) is 19.3. The van der Waals surface area contributed by atoms with E-state index in [0.717, 1.165) is 30.8 Å². The van der Waals surface area contributed by atoms with E-state index in [9.17, 15) is 18.5 Å². The molecule has 1 saturated heterocycles. The third-order valence-electron chi connectivity index (χ3n) is 4.71. The molecule has 1 aliphatic rings. The Hall–Kier alpha value is -2.46. The van der Waals surface area contributed by atoms with Gasteiger partial charge in [-0.15, -0.1) is 0 Å². The van der Waals surface area contributed by atoms with Crippen molar-refractivity contribution >= 4 is 21.2 Å². The van der Waals surface area contributed by atoms with Gasteiger partial charge in [-0.3, -0.25) is 15.0 Å².